The maximum Gasteiger partial charge on any atom is 0.343 e. The van der Waals surface area contributed by atoms with Gasteiger partial charge in [0.2, 0.25) is 0 Å². The van der Waals surface area contributed by atoms with Crippen molar-refractivity contribution < 1.29 is 52.3 Å². The highest BCUT2D eigenvalue weighted by Crippen LogP contribution is 2.26. The van der Waals surface area contributed by atoms with Crippen LogP contribution in [0, 0.1) is 0 Å². The van der Waals surface area contributed by atoms with Gasteiger partial charge in [-0.2, -0.15) is 0 Å². The fourth-order valence-electron chi connectivity index (χ4n) is 4.11. The quantitative estimate of drug-likeness (QED) is 0.0397. The summed E-state index contributed by atoms with van der Waals surface area (Å²) in [5, 5.41) is 0. The second kappa shape index (κ2) is 21.2. The normalized spacial score (nSPS) is 10.3. The number of benzene rings is 3. The Bertz CT molecular complexity index is 1560. The smallest absolute Gasteiger partial charge is 0.343 e. The number of carbonyl (C=O) groups excluding carboxylic acids is 4. The largest absolute Gasteiger partial charge is 0.493 e. The molecule has 0 saturated carbocycles. The Morgan fingerprint density at radius 3 is 1.57 bits per heavy atom. The fraction of sp³-hybridized carbons (Fsp3) is 0.263. The summed E-state index contributed by atoms with van der Waals surface area (Å²) in [6.45, 7) is 11.8. The molecule has 0 N–H and O–H groups in total. The summed E-state index contributed by atoms with van der Waals surface area (Å²) in [5.41, 5.74) is 2.77. The molecule has 0 amide bonds. The molecule has 0 saturated heterocycles. The van der Waals surface area contributed by atoms with E-state index in [0.29, 0.717) is 60.9 Å². The predicted molar refractivity (Wildman–Crippen MR) is 181 cm³/mol. The lowest BCUT2D eigenvalue weighted by atomic mass is 10.1. The molecule has 3 rings (SSSR count). The first-order valence-corrected chi connectivity index (χ1v) is 15.6. The van der Waals surface area contributed by atoms with Crippen LogP contribution in [0.25, 0.3) is 11.1 Å². The zero-order valence-corrected chi connectivity index (χ0v) is 27.3. The molecule has 49 heavy (non-hydrogen) atoms. The predicted octanol–water partition coefficient (Wildman–Crippen LogP) is 6.20. The minimum Gasteiger partial charge on any atom is -0.493 e. The highest BCUT2D eigenvalue weighted by Gasteiger charge is 2.14. The van der Waals surface area contributed by atoms with Gasteiger partial charge in [-0.25, -0.2) is 19.2 Å². The second-order valence-corrected chi connectivity index (χ2v) is 10.2. The van der Waals surface area contributed by atoms with Crippen molar-refractivity contribution in [3.05, 3.63) is 116 Å². The number of rotatable bonds is 22. The van der Waals surface area contributed by atoms with E-state index >= 15 is 0 Å². The third-order valence-corrected chi connectivity index (χ3v) is 6.58. The van der Waals surface area contributed by atoms with Crippen LogP contribution >= 0.6 is 0 Å². The highest BCUT2D eigenvalue weighted by atomic mass is 16.5. The van der Waals surface area contributed by atoms with Gasteiger partial charge in [0.05, 0.1) is 51.8 Å². The van der Waals surface area contributed by atoms with Gasteiger partial charge in [0.1, 0.15) is 17.2 Å². The molecule has 0 unspecified atom stereocenters. The van der Waals surface area contributed by atoms with Crippen LogP contribution in [-0.4, -0.2) is 63.5 Å². The Morgan fingerprint density at radius 2 is 1.04 bits per heavy atom. The van der Waals surface area contributed by atoms with Crippen LogP contribution in [-0.2, 0) is 39.9 Å². The van der Waals surface area contributed by atoms with Gasteiger partial charge in [0.25, 0.3) is 0 Å². The van der Waals surface area contributed by atoms with Gasteiger partial charge in [0, 0.05) is 43.1 Å². The van der Waals surface area contributed by atoms with E-state index < -0.39 is 23.9 Å². The molecule has 0 aliphatic carbocycles. The topological polar surface area (TPSA) is 133 Å². The van der Waals surface area contributed by atoms with E-state index in [1.54, 1.807) is 30.3 Å². The van der Waals surface area contributed by atoms with E-state index in [9.17, 15) is 19.2 Å². The standard InChI is InChI=1S/C38H40O11/c1-4-35(39)46-23-7-20-43-27-31-26-30(14-19-34(31)45-22-9-25-48-37(41)6-3)38(42)49-33-17-12-29(13-18-33)28-10-15-32(16-11-28)44-21-8-24-47-36(40)5-2/h4-6,10-19,26H,1-3,7-9,20-25,27H2. The van der Waals surface area contributed by atoms with E-state index in [1.165, 1.54) is 0 Å². The lowest BCUT2D eigenvalue weighted by Gasteiger charge is -2.14. The molecule has 0 aliphatic heterocycles. The third kappa shape index (κ3) is 13.9. The number of ether oxygens (including phenoxy) is 7. The minimum absolute atomic E-state index is 0.126. The summed E-state index contributed by atoms with van der Waals surface area (Å²) < 4.78 is 37.8. The van der Waals surface area contributed by atoms with E-state index in [0.717, 1.165) is 29.4 Å². The van der Waals surface area contributed by atoms with Gasteiger partial charge in [0.15, 0.2) is 0 Å². The first-order valence-electron chi connectivity index (χ1n) is 15.6. The molecule has 3 aromatic rings. The van der Waals surface area contributed by atoms with Crippen molar-refractivity contribution in [3.8, 4) is 28.4 Å². The molecular formula is C38H40O11. The lowest BCUT2D eigenvalue weighted by Crippen LogP contribution is -2.11. The summed E-state index contributed by atoms with van der Waals surface area (Å²) in [7, 11) is 0. The average Bonchev–Trinajstić information content (AvgIpc) is 3.13. The molecule has 11 heteroatoms. The molecule has 258 valence electrons. The van der Waals surface area contributed by atoms with Gasteiger partial charge in [-0.3, -0.25) is 0 Å². The molecule has 0 bridgehead atoms. The van der Waals surface area contributed by atoms with Crippen LogP contribution in [0.1, 0.15) is 35.2 Å². The molecule has 0 aromatic heterocycles. The molecule has 0 heterocycles. The first kappa shape index (κ1) is 37.8. The molecule has 11 nitrogen and oxygen atoms in total. The zero-order valence-electron chi connectivity index (χ0n) is 27.3. The molecule has 0 radical (unpaired) electrons. The van der Waals surface area contributed by atoms with Crippen LogP contribution in [0.15, 0.2) is 105 Å². The molecule has 0 spiro atoms. The van der Waals surface area contributed by atoms with Crippen molar-refractivity contribution in [2.45, 2.75) is 25.9 Å². The Balaban J connectivity index is 1.56. The Hall–Kier alpha value is -5.68. The maximum atomic E-state index is 13.1. The number of esters is 4. The van der Waals surface area contributed by atoms with Crippen molar-refractivity contribution in [3.63, 3.8) is 0 Å². The van der Waals surface area contributed by atoms with Gasteiger partial charge in [-0.1, -0.05) is 44.0 Å². The number of hydrogen-bond donors (Lipinski definition) is 0. The Morgan fingerprint density at radius 1 is 0.551 bits per heavy atom. The second-order valence-electron chi connectivity index (χ2n) is 10.2. The van der Waals surface area contributed by atoms with Crippen molar-refractivity contribution >= 4 is 23.9 Å². The molecule has 0 atom stereocenters. The van der Waals surface area contributed by atoms with Crippen LogP contribution < -0.4 is 14.2 Å². The fourth-order valence-corrected chi connectivity index (χ4v) is 4.11. The van der Waals surface area contributed by atoms with E-state index in [-0.39, 0.29) is 33.0 Å². The van der Waals surface area contributed by atoms with E-state index in [2.05, 4.69) is 19.7 Å². The molecule has 3 aromatic carbocycles. The minimum atomic E-state index is -0.561. The van der Waals surface area contributed by atoms with Gasteiger partial charge < -0.3 is 33.2 Å². The van der Waals surface area contributed by atoms with Crippen molar-refractivity contribution in [2.24, 2.45) is 0 Å². The van der Waals surface area contributed by atoms with Crippen LogP contribution in [0.3, 0.4) is 0 Å². The van der Waals surface area contributed by atoms with Crippen molar-refractivity contribution in [1.82, 2.24) is 0 Å². The number of hydrogen-bond acceptors (Lipinski definition) is 11. The summed E-state index contributed by atoms with van der Waals surface area (Å²) >= 11 is 0. The Labute approximate surface area is 285 Å². The summed E-state index contributed by atoms with van der Waals surface area (Å²) in [5.74, 6) is -0.480. The number of carbonyl (C=O) groups is 4. The summed E-state index contributed by atoms with van der Waals surface area (Å²) in [6.07, 6.45) is 4.78. The summed E-state index contributed by atoms with van der Waals surface area (Å²) in [4.78, 5) is 46.6. The van der Waals surface area contributed by atoms with Crippen LogP contribution in [0.4, 0.5) is 0 Å². The Kier molecular flexibility index (Phi) is 16.4. The maximum absolute atomic E-state index is 13.1. The monoisotopic (exact) mass is 672 g/mol. The average molecular weight is 673 g/mol. The summed E-state index contributed by atoms with van der Waals surface area (Å²) in [6, 6.07) is 19.5. The molecule has 0 aliphatic rings. The van der Waals surface area contributed by atoms with Crippen LogP contribution in [0.5, 0.6) is 17.2 Å². The highest BCUT2D eigenvalue weighted by molar-refractivity contribution is 5.91. The van der Waals surface area contributed by atoms with Crippen LogP contribution in [0.2, 0.25) is 0 Å². The SMILES string of the molecule is C=CC(=O)OCCCOCc1cc(C(=O)Oc2ccc(-c3ccc(OCCCOC(=O)C=C)cc3)cc2)ccc1OCCCOC(=O)C=C. The molecular weight excluding hydrogens is 632 g/mol. The zero-order chi connectivity index (χ0) is 35.3. The first-order chi connectivity index (χ1) is 23.8. The van der Waals surface area contributed by atoms with Gasteiger partial charge >= 0.3 is 23.9 Å². The van der Waals surface area contributed by atoms with Crippen molar-refractivity contribution in [2.75, 3.05) is 39.6 Å². The third-order valence-electron chi connectivity index (χ3n) is 6.58. The van der Waals surface area contributed by atoms with Gasteiger partial charge in [-0.15, -0.1) is 0 Å². The lowest BCUT2D eigenvalue weighted by molar-refractivity contribution is -0.139. The van der Waals surface area contributed by atoms with E-state index in [1.807, 2.05) is 36.4 Å². The van der Waals surface area contributed by atoms with Gasteiger partial charge in [-0.05, 0) is 53.6 Å². The van der Waals surface area contributed by atoms with Crippen molar-refractivity contribution in [1.29, 1.82) is 0 Å². The molecule has 0 fully saturated rings. The van der Waals surface area contributed by atoms with E-state index in [4.69, 9.17) is 33.2 Å².